The highest BCUT2D eigenvalue weighted by atomic mass is 32.1. The number of thiocarbonyl (C=S) groups is 1. The molecule has 0 aromatic heterocycles. The van der Waals surface area contributed by atoms with Crippen molar-refractivity contribution in [2.75, 3.05) is 20.3 Å². The Bertz CT molecular complexity index is 381. The number of benzene rings is 1. The topological polar surface area (TPSA) is 45.6 Å². The fraction of sp³-hybridized carbons (Fsp3) is 0.273. The van der Waals surface area contributed by atoms with Gasteiger partial charge >= 0.3 is 0 Å². The first-order chi connectivity index (χ1) is 8.22. The van der Waals surface area contributed by atoms with Gasteiger partial charge < -0.3 is 10.1 Å². The summed E-state index contributed by atoms with van der Waals surface area (Å²) in [7, 11) is 1.62. The molecule has 1 aromatic carbocycles. The minimum atomic E-state index is -0.271. The third-order valence-electron chi connectivity index (χ3n) is 1.84. The molecular formula is C11H14FN3OS. The second-order valence-electron chi connectivity index (χ2n) is 3.17. The molecule has 0 radical (unpaired) electrons. The Morgan fingerprint density at radius 3 is 2.82 bits per heavy atom. The summed E-state index contributed by atoms with van der Waals surface area (Å²) in [5.74, 6) is -0.271. The van der Waals surface area contributed by atoms with Gasteiger partial charge in [0.05, 0.1) is 12.8 Å². The van der Waals surface area contributed by atoms with Crippen molar-refractivity contribution in [1.29, 1.82) is 0 Å². The number of hydrazone groups is 1. The van der Waals surface area contributed by atoms with Gasteiger partial charge in [0.2, 0.25) is 0 Å². The van der Waals surface area contributed by atoms with Gasteiger partial charge in [-0.05, 0) is 29.9 Å². The number of hydrogen-bond donors (Lipinski definition) is 2. The summed E-state index contributed by atoms with van der Waals surface area (Å²) in [6.07, 6.45) is 1.56. The Labute approximate surface area is 105 Å². The quantitative estimate of drug-likeness (QED) is 0.360. The molecule has 4 nitrogen and oxygen atoms in total. The molecule has 1 aromatic rings. The summed E-state index contributed by atoms with van der Waals surface area (Å²) in [6.45, 7) is 1.19. The number of hydrogen-bond acceptors (Lipinski definition) is 3. The van der Waals surface area contributed by atoms with E-state index in [1.807, 2.05) is 0 Å². The second kappa shape index (κ2) is 7.70. The predicted molar refractivity (Wildman–Crippen MR) is 69.6 cm³/mol. The molecule has 0 unspecified atom stereocenters. The van der Waals surface area contributed by atoms with E-state index >= 15 is 0 Å². The molecule has 0 aliphatic carbocycles. The van der Waals surface area contributed by atoms with Gasteiger partial charge in [0.15, 0.2) is 5.11 Å². The number of methoxy groups -OCH3 is 1. The highest BCUT2D eigenvalue weighted by molar-refractivity contribution is 7.80. The lowest BCUT2D eigenvalue weighted by atomic mass is 10.2. The Morgan fingerprint density at radius 2 is 2.18 bits per heavy atom. The number of rotatable bonds is 5. The normalized spacial score (nSPS) is 10.5. The van der Waals surface area contributed by atoms with Gasteiger partial charge in [0, 0.05) is 13.7 Å². The molecule has 0 atom stereocenters. The van der Waals surface area contributed by atoms with Crippen LogP contribution in [0.3, 0.4) is 0 Å². The van der Waals surface area contributed by atoms with E-state index < -0.39 is 0 Å². The van der Waals surface area contributed by atoms with Gasteiger partial charge in [-0.2, -0.15) is 5.10 Å². The first-order valence-corrected chi connectivity index (χ1v) is 5.44. The van der Waals surface area contributed by atoms with Gasteiger partial charge in [0.25, 0.3) is 0 Å². The number of nitrogens with zero attached hydrogens (tertiary/aromatic N) is 1. The van der Waals surface area contributed by atoms with Crippen molar-refractivity contribution in [2.45, 2.75) is 0 Å². The molecule has 0 aliphatic heterocycles. The van der Waals surface area contributed by atoms with Crippen LogP contribution in [-0.4, -0.2) is 31.6 Å². The maximum Gasteiger partial charge on any atom is 0.187 e. The van der Waals surface area contributed by atoms with Crippen LogP contribution in [0.2, 0.25) is 0 Å². The fourth-order valence-corrected chi connectivity index (χ4v) is 1.18. The van der Waals surface area contributed by atoms with Crippen molar-refractivity contribution in [2.24, 2.45) is 5.10 Å². The molecule has 0 amide bonds. The minimum absolute atomic E-state index is 0.271. The maximum absolute atomic E-state index is 12.6. The molecule has 0 aliphatic rings. The smallest absolute Gasteiger partial charge is 0.187 e. The van der Waals surface area contributed by atoms with Gasteiger partial charge in [-0.15, -0.1) is 0 Å². The average Bonchev–Trinajstić information content (AvgIpc) is 2.32. The average molecular weight is 255 g/mol. The van der Waals surface area contributed by atoms with Crippen molar-refractivity contribution in [1.82, 2.24) is 10.7 Å². The minimum Gasteiger partial charge on any atom is -0.383 e. The van der Waals surface area contributed by atoms with Crippen LogP contribution in [0.25, 0.3) is 0 Å². The first-order valence-electron chi connectivity index (χ1n) is 5.04. The molecule has 0 saturated carbocycles. The number of halogens is 1. The van der Waals surface area contributed by atoms with E-state index in [1.54, 1.807) is 25.5 Å². The third kappa shape index (κ3) is 5.94. The van der Waals surface area contributed by atoms with Crippen LogP contribution in [0.15, 0.2) is 29.4 Å². The Morgan fingerprint density at radius 1 is 1.47 bits per heavy atom. The summed E-state index contributed by atoms with van der Waals surface area (Å²) < 4.78 is 17.5. The molecule has 0 spiro atoms. The highest BCUT2D eigenvalue weighted by Gasteiger charge is 1.92. The largest absolute Gasteiger partial charge is 0.383 e. The Kier molecular flexibility index (Phi) is 6.13. The molecular weight excluding hydrogens is 241 g/mol. The molecule has 1 rings (SSSR count). The van der Waals surface area contributed by atoms with Gasteiger partial charge in [-0.25, -0.2) is 4.39 Å². The van der Waals surface area contributed by atoms with E-state index in [0.717, 1.165) is 5.56 Å². The Hall–Kier alpha value is -1.53. The van der Waals surface area contributed by atoms with Crippen molar-refractivity contribution in [3.8, 4) is 0 Å². The summed E-state index contributed by atoms with van der Waals surface area (Å²) in [6, 6.07) is 6.00. The first kappa shape index (κ1) is 13.5. The van der Waals surface area contributed by atoms with E-state index in [2.05, 4.69) is 15.8 Å². The second-order valence-corrected chi connectivity index (χ2v) is 3.58. The SMILES string of the molecule is COCCNC(=S)N/N=C\c1ccc(F)cc1. The van der Waals surface area contributed by atoms with Gasteiger partial charge in [0.1, 0.15) is 5.82 Å². The van der Waals surface area contributed by atoms with Crippen LogP contribution in [0.4, 0.5) is 4.39 Å². The molecule has 17 heavy (non-hydrogen) atoms. The van der Waals surface area contributed by atoms with Crippen molar-refractivity contribution in [3.05, 3.63) is 35.6 Å². The maximum atomic E-state index is 12.6. The van der Waals surface area contributed by atoms with Gasteiger partial charge in [-0.3, -0.25) is 5.43 Å². The van der Waals surface area contributed by atoms with Gasteiger partial charge in [-0.1, -0.05) is 12.1 Å². The lowest BCUT2D eigenvalue weighted by Gasteiger charge is -2.05. The van der Waals surface area contributed by atoms with Crippen LogP contribution in [0.5, 0.6) is 0 Å². The molecule has 0 fully saturated rings. The van der Waals surface area contributed by atoms with Crippen LogP contribution in [0.1, 0.15) is 5.56 Å². The molecule has 0 saturated heterocycles. The van der Waals surface area contributed by atoms with Crippen molar-refractivity contribution >= 4 is 23.5 Å². The van der Waals surface area contributed by atoms with Crippen LogP contribution >= 0.6 is 12.2 Å². The molecule has 2 N–H and O–H groups in total. The molecule has 92 valence electrons. The molecule has 0 heterocycles. The number of ether oxygens (including phenoxy) is 1. The summed E-state index contributed by atoms with van der Waals surface area (Å²) in [5, 5.41) is 7.23. The third-order valence-corrected chi connectivity index (χ3v) is 2.08. The summed E-state index contributed by atoms with van der Waals surface area (Å²) >= 11 is 4.95. The van der Waals surface area contributed by atoms with E-state index in [-0.39, 0.29) is 5.82 Å². The highest BCUT2D eigenvalue weighted by Crippen LogP contribution is 1.99. The summed E-state index contributed by atoms with van der Waals surface area (Å²) in [4.78, 5) is 0. The van der Waals surface area contributed by atoms with E-state index in [9.17, 15) is 4.39 Å². The predicted octanol–water partition coefficient (Wildman–Crippen LogP) is 1.27. The molecule has 0 bridgehead atoms. The van der Waals surface area contributed by atoms with Crippen molar-refractivity contribution < 1.29 is 9.13 Å². The monoisotopic (exact) mass is 255 g/mol. The fourth-order valence-electron chi connectivity index (χ4n) is 1.02. The van der Waals surface area contributed by atoms with Crippen LogP contribution in [0, 0.1) is 5.82 Å². The van der Waals surface area contributed by atoms with E-state index in [0.29, 0.717) is 18.3 Å². The van der Waals surface area contributed by atoms with E-state index in [4.69, 9.17) is 17.0 Å². The zero-order valence-electron chi connectivity index (χ0n) is 9.44. The van der Waals surface area contributed by atoms with E-state index in [1.165, 1.54) is 12.1 Å². The Balaban J connectivity index is 2.29. The zero-order chi connectivity index (χ0) is 12.5. The lowest BCUT2D eigenvalue weighted by molar-refractivity contribution is 0.204. The zero-order valence-corrected chi connectivity index (χ0v) is 10.3. The van der Waals surface area contributed by atoms with Crippen LogP contribution in [-0.2, 0) is 4.74 Å². The molecule has 6 heteroatoms. The van der Waals surface area contributed by atoms with Crippen molar-refractivity contribution in [3.63, 3.8) is 0 Å². The standard InChI is InChI=1S/C11H14FN3OS/c1-16-7-6-13-11(17)15-14-8-9-2-4-10(12)5-3-9/h2-5,8H,6-7H2,1H3,(H2,13,15,17)/b14-8-. The lowest BCUT2D eigenvalue weighted by Crippen LogP contribution is -2.34. The number of nitrogens with one attached hydrogen (secondary N) is 2. The summed E-state index contributed by atoms with van der Waals surface area (Å²) in [5.41, 5.74) is 3.44. The van der Waals surface area contributed by atoms with Crippen LogP contribution < -0.4 is 10.7 Å².